The molecule has 2 rings (SSSR count). The predicted molar refractivity (Wildman–Crippen MR) is 74.8 cm³/mol. The van der Waals surface area contributed by atoms with E-state index < -0.39 is 0 Å². The number of nitrogens with two attached hydrogens (primary N) is 1. The number of carbonyl (C=O) groups excluding carboxylic acids is 1. The smallest absolute Gasteiger partial charge is 0.223 e. The highest BCUT2D eigenvalue weighted by Gasteiger charge is 2.26. The lowest BCUT2D eigenvalue weighted by atomic mass is 9.85. The fourth-order valence-electron chi connectivity index (χ4n) is 3.04. The van der Waals surface area contributed by atoms with Crippen LogP contribution in [0.15, 0.2) is 0 Å². The Labute approximate surface area is 115 Å². The Morgan fingerprint density at radius 1 is 1.42 bits per heavy atom. The average Bonchev–Trinajstić information content (AvgIpc) is 2.39. The van der Waals surface area contributed by atoms with Crippen molar-refractivity contribution in [3.8, 4) is 0 Å². The lowest BCUT2D eigenvalue weighted by Gasteiger charge is -2.31. The van der Waals surface area contributed by atoms with Crippen molar-refractivity contribution in [3.05, 3.63) is 0 Å². The van der Waals surface area contributed by atoms with Crippen LogP contribution in [0.1, 0.15) is 32.6 Å². The highest BCUT2D eigenvalue weighted by atomic mass is 16.5. The quantitative estimate of drug-likeness (QED) is 0.772. The second-order valence-corrected chi connectivity index (χ2v) is 5.95. The summed E-state index contributed by atoms with van der Waals surface area (Å²) < 4.78 is 5.33. The van der Waals surface area contributed by atoms with Crippen molar-refractivity contribution in [1.82, 2.24) is 10.2 Å². The highest BCUT2D eigenvalue weighted by molar-refractivity contribution is 5.79. The molecular formula is C14H27N3O2. The summed E-state index contributed by atoms with van der Waals surface area (Å²) in [5, 5.41) is 3.14. The van der Waals surface area contributed by atoms with Gasteiger partial charge in [-0.2, -0.15) is 0 Å². The summed E-state index contributed by atoms with van der Waals surface area (Å²) in [7, 11) is 0. The molecule has 0 aromatic carbocycles. The molecule has 1 aliphatic heterocycles. The largest absolute Gasteiger partial charge is 0.379 e. The number of ether oxygens (including phenoxy) is 1. The standard InChI is InChI=1S/C14H27N3O2/c1-11(10-17-5-7-19-8-6-17)16-14(18)12-3-2-4-13(15)9-12/h11-13H,2-10,15H2,1H3,(H,16,18). The van der Waals surface area contributed by atoms with E-state index in [4.69, 9.17) is 10.5 Å². The van der Waals surface area contributed by atoms with Gasteiger partial charge in [0.2, 0.25) is 5.91 Å². The summed E-state index contributed by atoms with van der Waals surface area (Å²) in [6, 6.07) is 0.405. The van der Waals surface area contributed by atoms with E-state index in [9.17, 15) is 4.79 Å². The molecule has 1 saturated heterocycles. The molecule has 3 N–H and O–H groups in total. The van der Waals surface area contributed by atoms with Crippen LogP contribution in [0.25, 0.3) is 0 Å². The third kappa shape index (κ3) is 4.75. The molecular weight excluding hydrogens is 242 g/mol. The Balaban J connectivity index is 1.71. The monoisotopic (exact) mass is 269 g/mol. The maximum atomic E-state index is 12.2. The molecule has 0 bridgehead atoms. The van der Waals surface area contributed by atoms with Crippen LogP contribution >= 0.6 is 0 Å². The van der Waals surface area contributed by atoms with E-state index in [1.807, 2.05) is 0 Å². The van der Waals surface area contributed by atoms with E-state index in [0.29, 0.717) is 0 Å². The van der Waals surface area contributed by atoms with Crippen molar-refractivity contribution in [1.29, 1.82) is 0 Å². The van der Waals surface area contributed by atoms with E-state index in [1.54, 1.807) is 0 Å². The van der Waals surface area contributed by atoms with Crippen LogP contribution in [-0.4, -0.2) is 55.7 Å². The maximum absolute atomic E-state index is 12.2. The lowest BCUT2D eigenvalue weighted by Crippen LogP contribution is -2.48. The molecule has 3 unspecified atom stereocenters. The van der Waals surface area contributed by atoms with Crippen molar-refractivity contribution in [3.63, 3.8) is 0 Å². The number of nitrogens with zero attached hydrogens (tertiary/aromatic N) is 1. The van der Waals surface area contributed by atoms with Gasteiger partial charge >= 0.3 is 0 Å². The molecule has 1 amide bonds. The zero-order valence-electron chi connectivity index (χ0n) is 11.9. The van der Waals surface area contributed by atoms with Gasteiger partial charge < -0.3 is 15.8 Å². The minimum atomic E-state index is 0.121. The van der Waals surface area contributed by atoms with Gasteiger partial charge in [0.1, 0.15) is 0 Å². The summed E-state index contributed by atoms with van der Waals surface area (Å²) in [5.41, 5.74) is 5.94. The molecule has 1 aliphatic carbocycles. The zero-order chi connectivity index (χ0) is 13.7. The molecule has 2 aliphatic rings. The molecule has 5 nitrogen and oxygen atoms in total. The molecule has 0 aromatic rings. The Kier molecular flexibility index (Phi) is 5.60. The zero-order valence-corrected chi connectivity index (χ0v) is 11.9. The number of nitrogens with one attached hydrogen (secondary N) is 1. The maximum Gasteiger partial charge on any atom is 0.223 e. The molecule has 19 heavy (non-hydrogen) atoms. The Morgan fingerprint density at radius 2 is 2.16 bits per heavy atom. The Hall–Kier alpha value is -0.650. The van der Waals surface area contributed by atoms with Crippen molar-refractivity contribution in [2.45, 2.75) is 44.7 Å². The number of amides is 1. The Bertz CT molecular complexity index is 292. The lowest BCUT2D eigenvalue weighted by molar-refractivity contribution is -0.126. The van der Waals surface area contributed by atoms with E-state index >= 15 is 0 Å². The minimum Gasteiger partial charge on any atom is -0.379 e. The van der Waals surface area contributed by atoms with Crippen molar-refractivity contribution >= 4 is 5.91 Å². The van der Waals surface area contributed by atoms with Crippen LogP contribution in [0.3, 0.4) is 0 Å². The predicted octanol–water partition coefficient (Wildman–Crippen LogP) is 0.341. The first kappa shape index (κ1) is 14.8. The van der Waals surface area contributed by atoms with Crippen LogP contribution < -0.4 is 11.1 Å². The topological polar surface area (TPSA) is 67.6 Å². The number of morpholine rings is 1. The van der Waals surface area contributed by atoms with Crippen molar-refractivity contribution in [2.24, 2.45) is 11.7 Å². The first-order valence-corrected chi connectivity index (χ1v) is 7.51. The normalized spacial score (nSPS) is 30.8. The van der Waals surface area contributed by atoms with E-state index in [2.05, 4.69) is 17.1 Å². The summed E-state index contributed by atoms with van der Waals surface area (Å²) >= 11 is 0. The second-order valence-electron chi connectivity index (χ2n) is 5.95. The van der Waals surface area contributed by atoms with Gasteiger partial charge in [0.05, 0.1) is 13.2 Å². The number of rotatable bonds is 4. The van der Waals surface area contributed by atoms with Crippen molar-refractivity contribution in [2.75, 3.05) is 32.8 Å². The van der Waals surface area contributed by atoms with E-state index in [1.165, 1.54) is 0 Å². The van der Waals surface area contributed by atoms with Gasteiger partial charge in [0.25, 0.3) is 0 Å². The van der Waals surface area contributed by atoms with Crippen LogP contribution in [0.4, 0.5) is 0 Å². The van der Waals surface area contributed by atoms with Gasteiger partial charge in [-0.25, -0.2) is 0 Å². The summed E-state index contributed by atoms with van der Waals surface area (Å²) in [5.74, 6) is 0.312. The third-order valence-electron chi connectivity index (χ3n) is 4.11. The number of hydrogen-bond donors (Lipinski definition) is 2. The number of carbonyl (C=O) groups is 1. The summed E-state index contributed by atoms with van der Waals surface area (Å²) in [4.78, 5) is 14.5. The first-order valence-electron chi connectivity index (χ1n) is 7.51. The Morgan fingerprint density at radius 3 is 2.84 bits per heavy atom. The minimum absolute atomic E-state index is 0.121. The van der Waals surface area contributed by atoms with Gasteiger partial charge in [0, 0.05) is 37.6 Å². The average molecular weight is 269 g/mol. The fraction of sp³-hybridized carbons (Fsp3) is 0.929. The first-order chi connectivity index (χ1) is 9.15. The van der Waals surface area contributed by atoms with Crippen LogP contribution in [0.2, 0.25) is 0 Å². The molecule has 0 spiro atoms. The van der Waals surface area contributed by atoms with Crippen LogP contribution in [0, 0.1) is 5.92 Å². The molecule has 1 saturated carbocycles. The molecule has 0 radical (unpaired) electrons. The summed E-state index contributed by atoms with van der Waals surface area (Å²) in [6.07, 6.45) is 3.98. The van der Waals surface area contributed by atoms with Crippen LogP contribution in [-0.2, 0) is 9.53 Å². The van der Waals surface area contributed by atoms with Gasteiger partial charge in [-0.15, -0.1) is 0 Å². The van der Waals surface area contributed by atoms with Gasteiger partial charge in [0.15, 0.2) is 0 Å². The van der Waals surface area contributed by atoms with E-state index in [0.717, 1.165) is 58.5 Å². The molecule has 0 aromatic heterocycles. The molecule has 2 fully saturated rings. The summed E-state index contributed by atoms with van der Waals surface area (Å²) in [6.45, 7) is 6.53. The molecule has 110 valence electrons. The van der Waals surface area contributed by atoms with Gasteiger partial charge in [-0.05, 0) is 26.2 Å². The van der Waals surface area contributed by atoms with Crippen molar-refractivity contribution < 1.29 is 9.53 Å². The van der Waals surface area contributed by atoms with E-state index in [-0.39, 0.29) is 23.9 Å². The molecule has 3 atom stereocenters. The SMILES string of the molecule is CC(CN1CCOCC1)NC(=O)C1CCCC(N)C1. The van der Waals surface area contributed by atoms with Crippen LogP contribution in [0.5, 0.6) is 0 Å². The van der Waals surface area contributed by atoms with Gasteiger partial charge in [-0.1, -0.05) is 6.42 Å². The molecule has 5 heteroatoms. The van der Waals surface area contributed by atoms with Gasteiger partial charge in [-0.3, -0.25) is 9.69 Å². The second kappa shape index (κ2) is 7.22. The third-order valence-corrected chi connectivity index (χ3v) is 4.11. The number of hydrogen-bond acceptors (Lipinski definition) is 4. The highest BCUT2D eigenvalue weighted by Crippen LogP contribution is 2.23. The molecule has 1 heterocycles. The fourth-order valence-corrected chi connectivity index (χ4v) is 3.04.